The predicted molar refractivity (Wildman–Crippen MR) is 87.3 cm³/mol. The highest BCUT2D eigenvalue weighted by molar-refractivity contribution is 7.20. The molecule has 0 bridgehead atoms. The van der Waals surface area contributed by atoms with E-state index in [1.165, 1.54) is 6.07 Å². The second kappa shape index (κ2) is 5.20. The number of carbonyl (C=O) groups is 1. The molecule has 1 atom stereocenters. The van der Waals surface area contributed by atoms with Crippen molar-refractivity contribution in [3.8, 4) is 0 Å². The number of rotatable bonds is 3. The molecule has 2 fully saturated rings. The molecule has 3 nitrogen and oxygen atoms in total. The van der Waals surface area contributed by atoms with Gasteiger partial charge in [0.05, 0.1) is 16.5 Å². The van der Waals surface area contributed by atoms with Gasteiger partial charge in [0.25, 0.3) is 5.91 Å². The van der Waals surface area contributed by atoms with Crippen molar-refractivity contribution in [2.45, 2.75) is 37.5 Å². The molecule has 128 valence electrons. The van der Waals surface area contributed by atoms with Crippen LogP contribution in [0.15, 0.2) is 24.3 Å². The highest BCUT2D eigenvalue weighted by Crippen LogP contribution is 2.51. The number of alkyl halides is 3. The Balaban J connectivity index is 1.53. The van der Waals surface area contributed by atoms with Crippen LogP contribution in [0.1, 0.15) is 35.0 Å². The number of benzene rings is 1. The number of fused-ring (bicyclic) bond motifs is 1. The van der Waals surface area contributed by atoms with Crippen molar-refractivity contribution in [1.82, 2.24) is 10.2 Å². The van der Waals surface area contributed by atoms with Crippen LogP contribution in [0.2, 0.25) is 0 Å². The molecule has 24 heavy (non-hydrogen) atoms. The number of nitrogens with zero attached hydrogens (tertiary/aromatic N) is 1. The predicted octanol–water partition coefficient (Wildman–Crippen LogP) is 3.89. The van der Waals surface area contributed by atoms with Gasteiger partial charge in [-0.3, -0.25) is 9.69 Å². The monoisotopic (exact) mass is 354 g/mol. The zero-order valence-corrected chi connectivity index (χ0v) is 13.9. The molecule has 7 heteroatoms. The molecule has 1 aromatic heterocycles. The van der Waals surface area contributed by atoms with Crippen LogP contribution < -0.4 is 5.32 Å². The molecule has 2 aromatic rings. The van der Waals surface area contributed by atoms with E-state index in [2.05, 4.69) is 17.1 Å². The maximum atomic E-state index is 12.8. The molecule has 1 aliphatic heterocycles. The number of thiophene rings is 1. The van der Waals surface area contributed by atoms with E-state index in [-0.39, 0.29) is 17.5 Å². The first-order valence-corrected chi connectivity index (χ1v) is 8.82. The lowest BCUT2D eigenvalue weighted by Crippen LogP contribution is -2.68. The zero-order valence-electron chi connectivity index (χ0n) is 13.1. The molecular weight excluding hydrogens is 337 g/mol. The van der Waals surface area contributed by atoms with Gasteiger partial charge >= 0.3 is 6.18 Å². The Labute approximate surface area is 141 Å². The first-order valence-electron chi connectivity index (χ1n) is 8.00. The Morgan fingerprint density at radius 3 is 2.75 bits per heavy atom. The van der Waals surface area contributed by atoms with Gasteiger partial charge in [0, 0.05) is 16.8 Å². The fraction of sp³-hybridized carbons (Fsp3) is 0.471. The number of nitrogens with one attached hydrogen (secondary N) is 1. The number of hydrogen-bond acceptors (Lipinski definition) is 3. The lowest BCUT2D eigenvalue weighted by Gasteiger charge is -2.49. The molecule has 1 N–H and O–H groups in total. The van der Waals surface area contributed by atoms with Crippen LogP contribution in [0.5, 0.6) is 0 Å². The summed E-state index contributed by atoms with van der Waals surface area (Å²) >= 11 is 1.11. The minimum Gasteiger partial charge on any atom is -0.345 e. The maximum absolute atomic E-state index is 12.8. The lowest BCUT2D eigenvalue weighted by atomic mass is 9.93. The fourth-order valence-corrected chi connectivity index (χ4v) is 4.65. The summed E-state index contributed by atoms with van der Waals surface area (Å²) in [6.45, 7) is 3.95. The molecule has 0 radical (unpaired) electrons. The molecule has 1 saturated heterocycles. The Kier molecular flexibility index (Phi) is 3.44. The maximum Gasteiger partial charge on any atom is 0.416 e. The molecule has 1 aromatic carbocycles. The number of amides is 1. The number of carbonyl (C=O) groups excluding carboxylic acids is 1. The Hall–Kier alpha value is -1.60. The third kappa shape index (κ3) is 2.41. The van der Waals surface area contributed by atoms with E-state index in [1.807, 2.05) is 0 Å². The highest BCUT2D eigenvalue weighted by atomic mass is 32.1. The first kappa shape index (κ1) is 15.9. The molecule has 4 rings (SSSR count). The van der Waals surface area contributed by atoms with Crippen LogP contribution in [-0.2, 0) is 6.18 Å². The summed E-state index contributed by atoms with van der Waals surface area (Å²) in [5.41, 5.74) is -0.539. The van der Waals surface area contributed by atoms with Gasteiger partial charge in [-0.1, -0.05) is 13.0 Å². The van der Waals surface area contributed by atoms with E-state index in [0.717, 1.165) is 49.4 Å². The Morgan fingerprint density at radius 2 is 2.12 bits per heavy atom. The largest absolute Gasteiger partial charge is 0.416 e. The summed E-state index contributed by atoms with van der Waals surface area (Å²) in [5.74, 6) is -0.184. The van der Waals surface area contributed by atoms with Gasteiger partial charge in [-0.2, -0.15) is 13.2 Å². The van der Waals surface area contributed by atoms with Crippen LogP contribution in [0.25, 0.3) is 10.1 Å². The number of halogens is 3. The first-order chi connectivity index (χ1) is 11.3. The minimum atomic E-state index is -4.37. The number of hydrogen-bond donors (Lipinski definition) is 1. The van der Waals surface area contributed by atoms with Crippen molar-refractivity contribution >= 4 is 27.3 Å². The topological polar surface area (TPSA) is 32.3 Å². The Bertz CT molecular complexity index is 810. The third-order valence-electron chi connectivity index (χ3n) is 5.20. The minimum absolute atomic E-state index is 0.143. The smallest absolute Gasteiger partial charge is 0.345 e. The lowest BCUT2D eigenvalue weighted by molar-refractivity contribution is -0.137. The van der Waals surface area contributed by atoms with E-state index in [4.69, 9.17) is 0 Å². The fourth-order valence-electron chi connectivity index (χ4n) is 3.65. The second-order valence-corrected chi connectivity index (χ2v) is 7.61. The van der Waals surface area contributed by atoms with Gasteiger partial charge in [-0.05, 0) is 43.0 Å². The van der Waals surface area contributed by atoms with Crippen LogP contribution >= 0.6 is 11.3 Å². The molecular formula is C17H17F3N2OS. The quantitative estimate of drug-likeness (QED) is 0.907. The molecule has 1 unspecified atom stereocenters. The van der Waals surface area contributed by atoms with E-state index >= 15 is 0 Å². The van der Waals surface area contributed by atoms with Gasteiger partial charge < -0.3 is 5.32 Å². The van der Waals surface area contributed by atoms with E-state index in [9.17, 15) is 18.0 Å². The molecule has 1 saturated carbocycles. The van der Waals surface area contributed by atoms with E-state index < -0.39 is 11.7 Å². The summed E-state index contributed by atoms with van der Waals surface area (Å²) in [6.07, 6.45) is -2.16. The van der Waals surface area contributed by atoms with E-state index in [0.29, 0.717) is 15.0 Å². The van der Waals surface area contributed by atoms with Crippen molar-refractivity contribution in [2.75, 3.05) is 13.1 Å². The summed E-state index contributed by atoms with van der Waals surface area (Å²) in [4.78, 5) is 15.3. The number of likely N-dealkylation sites (N-methyl/N-ethyl adjacent to an activating group) is 1. The van der Waals surface area contributed by atoms with Crippen molar-refractivity contribution in [1.29, 1.82) is 0 Å². The van der Waals surface area contributed by atoms with Gasteiger partial charge in [0.2, 0.25) is 0 Å². The zero-order chi connectivity index (χ0) is 17.1. The average Bonchev–Trinajstić information content (AvgIpc) is 3.25. The van der Waals surface area contributed by atoms with Gasteiger partial charge in [0.15, 0.2) is 0 Å². The van der Waals surface area contributed by atoms with Crippen molar-refractivity contribution in [2.24, 2.45) is 0 Å². The normalized spacial score (nSPS) is 22.6. The second-order valence-electron chi connectivity index (χ2n) is 6.53. The summed E-state index contributed by atoms with van der Waals surface area (Å²) < 4.78 is 38.9. The molecule has 1 spiro atoms. The Morgan fingerprint density at radius 1 is 1.38 bits per heavy atom. The van der Waals surface area contributed by atoms with Crippen LogP contribution in [0.3, 0.4) is 0 Å². The van der Waals surface area contributed by atoms with Gasteiger partial charge in [0.1, 0.15) is 0 Å². The van der Waals surface area contributed by atoms with Gasteiger partial charge in [-0.15, -0.1) is 11.3 Å². The van der Waals surface area contributed by atoms with Crippen molar-refractivity contribution in [3.05, 3.63) is 34.7 Å². The summed E-state index contributed by atoms with van der Waals surface area (Å²) in [6, 6.07) is 5.42. The average molecular weight is 354 g/mol. The van der Waals surface area contributed by atoms with Gasteiger partial charge in [-0.25, -0.2) is 0 Å². The van der Waals surface area contributed by atoms with Crippen molar-refractivity contribution in [3.63, 3.8) is 0 Å². The summed E-state index contributed by atoms with van der Waals surface area (Å²) in [5, 5.41) is 3.73. The summed E-state index contributed by atoms with van der Waals surface area (Å²) in [7, 11) is 0. The van der Waals surface area contributed by atoms with Crippen molar-refractivity contribution < 1.29 is 18.0 Å². The third-order valence-corrected chi connectivity index (χ3v) is 6.30. The highest BCUT2D eigenvalue weighted by Gasteiger charge is 2.61. The van der Waals surface area contributed by atoms with E-state index in [1.54, 1.807) is 6.07 Å². The molecule has 1 aliphatic carbocycles. The molecule has 2 heterocycles. The molecule has 2 aliphatic rings. The molecule has 1 amide bonds. The van der Waals surface area contributed by atoms with Crippen LogP contribution in [0, 0.1) is 0 Å². The van der Waals surface area contributed by atoms with Crippen LogP contribution in [-0.4, -0.2) is 35.5 Å². The standard InChI is InChI=1S/C17H17F3N2OS/c1-2-22-9-14(16(22)5-6-16)21-15(23)13-7-10-3-4-11(17(18,19)20)8-12(10)24-13/h3-4,7-8,14H,2,5-6,9H2,1H3,(H,21,23). The van der Waals surface area contributed by atoms with Crippen LogP contribution in [0.4, 0.5) is 13.2 Å². The SMILES string of the molecule is CCN1CC(NC(=O)c2cc3ccc(C(F)(F)F)cc3s2)C12CC2. The number of likely N-dealkylation sites (tertiary alicyclic amines) is 1.